The number of carbonyl (C=O) groups excluding carboxylic acids is 1. The third kappa shape index (κ3) is 3.66. The second kappa shape index (κ2) is 6.98. The van der Waals surface area contributed by atoms with Crippen molar-refractivity contribution in [3.8, 4) is 11.5 Å². The maximum atomic E-state index is 12.6. The number of likely N-dealkylation sites (N-methyl/N-ethyl adjacent to an activating group) is 1. The minimum Gasteiger partial charge on any atom is -0.485 e. The van der Waals surface area contributed by atoms with E-state index in [1.165, 1.54) is 23.1 Å². The van der Waals surface area contributed by atoms with Gasteiger partial charge in [-0.3, -0.25) is 14.9 Å². The van der Waals surface area contributed by atoms with Gasteiger partial charge in [-0.2, -0.15) is 0 Å². The second-order valence-corrected chi connectivity index (χ2v) is 6.00. The van der Waals surface area contributed by atoms with Crippen LogP contribution in [0.1, 0.15) is 5.56 Å². The van der Waals surface area contributed by atoms with Crippen LogP contribution in [-0.4, -0.2) is 35.5 Å². The number of benzene rings is 2. The summed E-state index contributed by atoms with van der Waals surface area (Å²) in [5.41, 5.74) is 0.412. The third-order valence-corrected chi connectivity index (χ3v) is 4.18. The summed E-state index contributed by atoms with van der Waals surface area (Å²) >= 11 is 6.09. The number of ether oxygens (including phenoxy) is 2. The Morgan fingerprint density at radius 3 is 2.76 bits per heavy atom. The van der Waals surface area contributed by atoms with Gasteiger partial charge < -0.3 is 14.4 Å². The van der Waals surface area contributed by atoms with Crippen molar-refractivity contribution in [1.82, 2.24) is 4.90 Å². The lowest BCUT2D eigenvalue weighted by atomic mass is 10.1. The van der Waals surface area contributed by atoms with Gasteiger partial charge in [0.05, 0.1) is 4.92 Å². The predicted octanol–water partition coefficient (Wildman–Crippen LogP) is 3.05. The summed E-state index contributed by atoms with van der Waals surface area (Å²) in [4.78, 5) is 24.4. The molecule has 0 saturated heterocycles. The van der Waals surface area contributed by atoms with Crippen LogP contribution >= 0.6 is 11.6 Å². The number of hydrogen-bond acceptors (Lipinski definition) is 5. The van der Waals surface area contributed by atoms with Crippen LogP contribution < -0.4 is 9.47 Å². The molecular weight excluding hydrogens is 348 g/mol. The first-order valence-corrected chi connectivity index (χ1v) is 7.90. The number of amides is 1. The van der Waals surface area contributed by atoms with Gasteiger partial charge >= 0.3 is 0 Å². The molecule has 0 bridgehead atoms. The highest BCUT2D eigenvalue weighted by Gasteiger charge is 2.30. The number of non-ortho nitro benzene ring substituents is 1. The van der Waals surface area contributed by atoms with Gasteiger partial charge in [0, 0.05) is 30.7 Å². The molecule has 1 aliphatic rings. The summed E-state index contributed by atoms with van der Waals surface area (Å²) < 4.78 is 11.2. The monoisotopic (exact) mass is 362 g/mol. The molecule has 0 N–H and O–H groups in total. The fourth-order valence-corrected chi connectivity index (χ4v) is 2.69. The Bertz CT molecular complexity index is 826. The largest absolute Gasteiger partial charge is 0.485 e. The standard InChI is InChI=1S/C17H15ClN2O5/c1-19(9-11-8-12(20(22)23)6-7-13(11)18)17(21)16-10-24-14-4-2-3-5-15(14)25-16/h2-8,16H,9-10H2,1H3. The Kier molecular flexibility index (Phi) is 4.76. The zero-order chi connectivity index (χ0) is 18.0. The number of nitro groups is 1. The SMILES string of the molecule is CN(Cc1cc([N+](=O)[O-])ccc1Cl)C(=O)C1COc2ccccc2O1. The van der Waals surface area contributed by atoms with Crippen molar-refractivity contribution in [2.45, 2.75) is 12.6 Å². The number of rotatable bonds is 4. The van der Waals surface area contributed by atoms with Crippen LogP contribution in [0, 0.1) is 10.1 Å². The number of carbonyl (C=O) groups is 1. The van der Waals surface area contributed by atoms with Gasteiger partial charge in [-0.15, -0.1) is 0 Å². The van der Waals surface area contributed by atoms with Crippen LogP contribution in [0.2, 0.25) is 5.02 Å². The Labute approximate surface area is 148 Å². The molecule has 0 spiro atoms. The molecule has 2 aromatic carbocycles. The number of halogens is 1. The Balaban J connectivity index is 1.72. The van der Waals surface area contributed by atoms with Gasteiger partial charge in [-0.05, 0) is 23.8 Å². The minimum atomic E-state index is -0.780. The van der Waals surface area contributed by atoms with Crippen molar-refractivity contribution in [1.29, 1.82) is 0 Å². The number of nitro benzene ring substituents is 1. The summed E-state index contributed by atoms with van der Waals surface area (Å²) in [6.45, 7) is 0.226. The highest BCUT2D eigenvalue weighted by molar-refractivity contribution is 6.31. The molecule has 0 radical (unpaired) electrons. The molecule has 25 heavy (non-hydrogen) atoms. The summed E-state index contributed by atoms with van der Waals surface area (Å²) in [5, 5.41) is 11.3. The first-order chi connectivity index (χ1) is 12.0. The van der Waals surface area contributed by atoms with Gasteiger partial charge in [0.15, 0.2) is 11.5 Å². The molecular formula is C17H15ClN2O5. The van der Waals surface area contributed by atoms with Crippen molar-refractivity contribution in [2.24, 2.45) is 0 Å². The van der Waals surface area contributed by atoms with Crippen LogP contribution in [0.15, 0.2) is 42.5 Å². The van der Waals surface area contributed by atoms with Crippen LogP contribution in [0.4, 0.5) is 5.69 Å². The first kappa shape index (κ1) is 17.0. The van der Waals surface area contributed by atoms with Crippen LogP contribution in [0.25, 0.3) is 0 Å². The van der Waals surface area contributed by atoms with E-state index < -0.39 is 11.0 Å². The maximum absolute atomic E-state index is 12.6. The van der Waals surface area contributed by atoms with Crippen molar-refractivity contribution in [2.75, 3.05) is 13.7 Å². The van der Waals surface area contributed by atoms with Crippen molar-refractivity contribution >= 4 is 23.2 Å². The van der Waals surface area contributed by atoms with Gasteiger partial charge in [0.25, 0.3) is 11.6 Å². The van der Waals surface area contributed by atoms with Crippen LogP contribution in [0.3, 0.4) is 0 Å². The zero-order valence-corrected chi connectivity index (χ0v) is 14.1. The lowest BCUT2D eigenvalue weighted by Crippen LogP contribution is -2.44. The van der Waals surface area contributed by atoms with Crippen LogP contribution in [0.5, 0.6) is 11.5 Å². The molecule has 1 atom stereocenters. The number of fused-ring (bicyclic) bond motifs is 1. The highest BCUT2D eigenvalue weighted by atomic mass is 35.5. The Morgan fingerprint density at radius 2 is 2.04 bits per heavy atom. The normalized spacial score (nSPS) is 15.5. The number of hydrogen-bond donors (Lipinski definition) is 0. The Hall–Kier alpha value is -2.80. The molecule has 1 heterocycles. The fourth-order valence-electron chi connectivity index (χ4n) is 2.52. The smallest absolute Gasteiger partial charge is 0.269 e. The zero-order valence-electron chi connectivity index (χ0n) is 13.3. The van der Waals surface area contributed by atoms with E-state index in [1.54, 1.807) is 25.2 Å². The van der Waals surface area contributed by atoms with Gasteiger partial charge in [0.1, 0.15) is 6.61 Å². The summed E-state index contributed by atoms with van der Waals surface area (Å²) in [6, 6.07) is 11.2. The average Bonchev–Trinajstić information content (AvgIpc) is 2.62. The molecule has 0 saturated carbocycles. The molecule has 1 aliphatic heterocycles. The third-order valence-electron chi connectivity index (χ3n) is 3.81. The number of para-hydroxylation sites is 2. The second-order valence-electron chi connectivity index (χ2n) is 5.59. The molecule has 1 amide bonds. The molecule has 1 unspecified atom stereocenters. The molecule has 2 aromatic rings. The van der Waals surface area contributed by atoms with E-state index in [1.807, 2.05) is 6.07 Å². The molecule has 3 rings (SSSR count). The van der Waals surface area contributed by atoms with Crippen LogP contribution in [-0.2, 0) is 11.3 Å². The van der Waals surface area contributed by atoms with Gasteiger partial charge in [-0.25, -0.2) is 0 Å². The van der Waals surface area contributed by atoms with Crippen molar-refractivity contribution in [3.05, 3.63) is 63.2 Å². The summed E-state index contributed by atoms with van der Waals surface area (Å²) in [6.07, 6.45) is -0.780. The molecule has 0 fully saturated rings. The lowest BCUT2D eigenvalue weighted by molar-refractivity contribution is -0.384. The van der Waals surface area contributed by atoms with E-state index in [0.29, 0.717) is 22.1 Å². The van der Waals surface area contributed by atoms with Crippen molar-refractivity contribution < 1.29 is 19.2 Å². The van der Waals surface area contributed by atoms with Gasteiger partial charge in [0.2, 0.25) is 6.10 Å². The van der Waals surface area contributed by atoms with E-state index in [2.05, 4.69) is 0 Å². The molecule has 8 heteroatoms. The summed E-state index contributed by atoms with van der Waals surface area (Å²) in [7, 11) is 1.58. The molecule has 0 aliphatic carbocycles. The van der Waals surface area contributed by atoms with E-state index >= 15 is 0 Å². The quantitative estimate of drug-likeness (QED) is 0.616. The molecule has 0 aromatic heterocycles. The Morgan fingerprint density at radius 1 is 1.32 bits per heavy atom. The van der Waals surface area contributed by atoms with E-state index in [4.69, 9.17) is 21.1 Å². The topological polar surface area (TPSA) is 81.9 Å². The van der Waals surface area contributed by atoms with E-state index in [-0.39, 0.29) is 24.7 Å². The first-order valence-electron chi connectivity index (χ1n) is 7.52. The predicted molar refractivity (Wildman–Crippen MR) is 90.9 cm³/mol. The number of nitrogens with zero attached hydrogens (tertiary/aromatic N) is 2. The fraction of sp³-hybridized carbons (Fsp3) is 0.235. The highest BCUT2D eigenvalue weighted by Crippen LogP contribution is 2.31. The van der Waals surface area contributed by atoms with Crippen molar-refractivity contribution in [3.63, 3.8) is 0 Å². The summed E-state index contributed by atoms with van der Waals surface area (Å²) in [5.74, 6) is 0.807. The van der Waals surface area contributed by atoms with E-state index in [0.717, 1.165) is 0 Å². The van der Waals surface area contributed by atoms with E-state index in [9.17, 15) is 14.9 Å². The molecule has 7 nitrogen and oxygen atoms in total. The molecule has 130 valence electrons. The minimum absolute atomic E-state index is 0.0774. The maximum Gasteiger partial charge on any atom is 0.269 e. The lowest BCUT2D eigenvalue weighted by Gasteiger charge is -2.29. The average molecular weight is 363 g/mol. The van der Waals surface area contributed by atoms with Gasteiger partial charge in [-0.1, -0.05) is 23.7 Å².